The third kappa shape index (κ3) is 5.61. The number of benzene rings is 1. The van der Waals surface area contributed by atoms with Crippen LogP contribution in [0.3, 0.4) is 0 Å². The molecule has 1 aliphatic carbocycles. The highest BCUT2D eigenvalue weighted by Gasteiger charge is 2.48. The maximum Gasteiger partial charge on any atom is 0.455 e. The molecule has 0 aromatic heterocycles. The average Bonchev–Trinajstić information content (AvgIpc) is 3.50. The first-order valence-corrected chi connectivity index (χ1v) is 10.9. The Morgan fingerprint density at radius 2 is 1.94 bits per heavy atom. The number of phenols is 1. The van der Waals surface area contributed by atoms with Gasteiger partial charge in [0.15, 0.2) is 0 Å². The molecule has 34 heavy (non-hydrogen) atoms. The number of rotatable bonds is 10. The summed E-state index contributed by atoms with van der Waals surface area (Å²) in [6.07, 6.45) is 0.0713. The molecular weight excluding hydrogens is 447 g/mol. The summed E-state index contributed by atoms with van der Waals surface area (Å²) in [5, 5.41) is 41.3. The van der Waals surface area contributed by atoms with E-state index in [0.29, 0.717) is 25.1 Å². The number of nitrogens with two attached hydrogens (primary N) is 1. The highest BCUT2D eigenvalue weighted by molar-refractivity contribution is 6.44. The van der Waals surface area contributed by atoms with E-state index >= 15 is 0 Å². The number of aromatic hydroxyl groups is 1. The van der Waals surface area contributed by atoms with Gasteiger partial charge in [0.1, 0.15) is 28.7 Å². The molecule has 1 saturated heterocycles. The Morgan fingerprint density at radius 3 is 2.47 bits per heavy atom. The molecule has 12 nitrogen and oxygen atoms in total. The van der Waals surface area contributed by atoms with Crippen molar-refractivity contribution >= 4 is 24.9 Å². The summed E-state index contributed by atoms with van der Waals surface area (Å²) in [4.78, 5) is 39.0. The molecule has 3 rings (SSSR count). The number of amides is 2. The molecule has 3 atom stereocenters. The minimum Gasteiger partial charge on any atom is -0.507 e. The molecule has 7 N–H and O–H groups in total. The van der Waals surface area contributed by atoms with Gasteiger partial charge in [-0.1, -0.05) is 6.07 Å². The number of likely N-dealkylation sites (N-methyl/N-ethyl adjacent to an activating group) is 1. The molecule has 0 radical (unpaired) electrons. The summed E-state index contributed by atoms with van der Waals surface area (Å²) < 4.78 is 5.79. The van der Waals surface area contributed by atoms with Gasteiger partial charge in [0.05, 0.1) is 6.54 Å². The number of nitrogens with zero attached hydrogens (tertiary/aromatic N) is 2. The Hall–Kier alpha value is -2.87. The summed E-state index contributed by atoms with van der Waals surface area (Å²) >= 11 is 0. The van der Waals surface area contributed by atoms with E-state index in [1.165, 1.54) is 17.0 Å². The number of likely N-dealkylation sites (tertiary alicyclic amines) is 1. The van der Waals surface area contributed by atoms with Gasteiger partial charge < -0.3 is 40.9 Å². The van der Waals surface area contributed by atoms with Gasteiger partial charge in [0, 0.05) is 39.5 Å². The van der Waals surface area contributed by atoms with Crippen molar-refractivity contribution in [3.8, 4) is 11.5 Å². The van der Waals surface area contributed by atoms with Crippen molar-refractivity contribution in [1.82, 2.24) is 15.1 Å². The lowest BCUT2D eigenvalue weighted by Gasteiger charge is -2.42. The summed E-state index contributed by atoms with van der Waals surface area (Å²) in [6, 6.07) is 3.00. The van der Waals surface area contributed by atoms with Crippen LogP contribution in [-0.2, 0) is 9.59 Å². The van der Waals surface area contributed by atoms with Crippen LogP contribution in [0, 0.1) is 0 Å². The van der Waals surface area contributed by atoms with Gasteiger partial charge in [-0.05, 0) is 30.9 Å². The van der Waals surface area contributed by atoms with Gasteiger partial charge in [-0.3, -0.25) is 14.5 Å². The number of nitrogens with one attached hydrogen (secondary N) is 1. The third-order valence-corrected chi connectivity index (χ3v) is 6.19. The molecule has 1 saturated carbocycles. The van der Waals surface area contributed by atoms with Crippen molar-refractivity contribution in [3.63, 3.8) is 0 Å². The molecule has 186 valence electrons. The number of carboxylic acids is 1. The highest BCUT2D eigenvalue weighted by Crippen LogP contribution is 2.56. The quantitative estimate of drug-likeness (QED) is 0.214. The van der Waals surface area contributed by atoms with E-state index in [9.17, 15) is 34.6 Å². The van der Waals surface area contributed by atoms with Crippen LogP contribution in [0.25, 0.3) is 0 Å². The number of hydrogen-bond acceptors (Lipinski definition) is 9. The zero-order valence-electron chi connectivity index (χ0n) is 19.4. The normalized spacial score (nSPS) is 21.7. The number of carbonyl (C=O) groups excluding carboxylic acids is 2. The van der Waals surface area contributed by atoms with Crippen LogP contribution >= 0.6 is 0 Å². The van der Waals surface area contributed by atoms with E-state index in [-0.39, 0.29) is 42.3 Å². The Labute approximate surface area is 197 Å². The first-order chi connectivity index (χ1) is 15.8. The third-order valence-electron chi connectivity index (χ3n) is 6.19. The van der Waals surface area contributed by atoms with Crippen molar-refractivity contribution in [2.24, 2.45) is 5.73 Å². The van der Waals surface area contributed by atoms with Crippen LogP contribution < -0.4 is 15.8 Å². The Morgan fingerprint density at radius 1 is 1.29 bits per heavy atom. The van der Waals surface area contributed by atoms with Crippen molar-refractivity contribution in [1.29, 1.82) is 0 Å². The predicted molar refractivity (Wildman–Crippen MR) is 122 cm³/mol. The summed E-state index contributed by atoms with van der Waals surface area (Å²) in [6.45, 7) is 2.39. The number of ether oxygens (including phenoxy) is 1. The molecule has 2 aliphatic rings. The molecule has 13 heteroatoms. The summed E-state index contributed by atoms with van der Waals surface area (Å²) in [5.74, 6) is -3.27. The van der Waals surface area contributed by atoms with E-state index in [0.717, 1.165) is 0 Å². The van der Waals surface area contributed by atoms with E-state index in [1.807, 2.05) is 4.90 Å². The fourth-order valence-corrected chi connectivity index (χ4v) is 4.05. The lowest BCUT2D eigenvalue weighted by Crippen LogP contribution is -2.64. The minimum atomic E-state index is -1.53. The van der Waals surface area contributed by atoms with Gasteiger partial charge in [-0.25, -0.2) is 4.79 Å². The van der Waals surface area contributed by atoms with E-state index < -0.39 is 36.1 Å². The van der Waals surface area contributed by atoms with Gasteiger partial charge in [0.25, 0.3) is 0 Å². The van der Waals surface area contributed by atoms with Crippen LogP contribution in [0.2, 0.25) is 5.82 Å². The summed E-state index contributed by atoms with van der Waals surface area (Å²) in [5.41, 5.74) is 4.85. The molecule has 0 bridgehead atoms. The maximum atomic E-state index is 12.4. The van der Waals surface area contributed by atoms with E-state index in [1.54, 1.807) is 21.0 Å². The number of carbonyl (C=O) groups is 3. The van der Waals surface area contributed by atoms with Crippen molar-refractivity contribution in [2.75, 3.05) is 40.3 Å². The molecular formula is C21H31BN4O8. The summed E-state index contributed by atoms with van der Waals surface area (Å²) in [7, 11) is 1.64. The average molecular weight is 478 g/mol. The van der Waals surface area contributed by atoms with Crippen LogP contribution in [-0.4, -0.2) is 107 Å². The van der Waals surface area contributed by atoms with Crippen LogP contribution in [0.4, 0.5) is 0 Å². The Kier molecular flexibility index (Phi) is 7.41. The number of hydrogen-bond donors (Lipinski definition) is 6. The zero-order valence-corrected chi connectivity index (χ0v) is 19.4. The molecule has 1 heterocycles. The zero-order chi connectivity index (χ0) is 25.4. The fraction of sp³-hybridized carbons (Fsp3) is 0.571. The van der Waals surface area contributed by atoms with Crippen molar-refractivity contribution in [3.05, 3.63) is 23.3 Å². The fourth-order valence-electron chi connectivity index (χ4n) is 4.05. The number of carboxylic acid groups (broad SMARTS) is 1. The number of aromatic carboxylic acids is 1. The topological polar surface area (TPSA) is 186 Å². The van der Waals surface area contributed by atoms with E-state index in [2.05, 4.69) is 5.32 Å². The Bertz CT molecular complexity index is 964. The standard InChI is InChI=1S/C21H31BN4O8/c1-21(23,20(31)24-7-16(27)25(2)3)10-26-8-11(9-26)34-15-5-4-12(13-6-14(13)22(32)33)18(28)17(15)19(29)30/h4-5,11,13-14,28,32-33H,6-10,23H2,1-3H3,(H,24,31)(H,29,30)/t13-,14-,21+/m0/s1. The molecule has 1 aromatic carbocycles. The maximum absolute atomic E-state index is 12.4. The van der Waals surface area contributed by atoms with Gasteiger partial charge in [0.2, 0.25) is 11.8 Å². The second-order valence-corrected chi connectivity index (χ2v) is 9.42. The van der Waals surface area contributed by atoms with Gasteiger partial charge in [-0.2, -0.15) is 0 Å². The monoisotopic (exact) mass is 478 g/mol. The molecule has 2 amide bonds. The Balaban J connectivity index is 1.56. The highest BCUT2D eigenvalue weighted by atomic mass is 16.5. The smallest absolute Gasteiger partial charge is 0.455 e. The van der Waals surface area contributed by atoms with Crippen molar-refractivity contribution in [2.45, 2.75) is 36.7 Å². The lowest BCUT2D eigenvalue weighted by molar-refractivity contribution is -0.133. The van der Waals surface area contributed by atoms with Gasteiger partial charge in [-0.15, -0.1) is 0 Å². The first kappa shape index (κ1) is 25.8. The van der Waals surface area contributed by atoms with E-state index in [4.69, 9.17) is 10.5 Å². The van der Waals surface area contributed by atoms with Crippen LogP contribution in [0.5, 0.6) is 11.5 Å². The van der Waals surface area contributed by atoms with Crippen molar-refractivity contribution < 1.29 is 39.4 Å². The second-order valence-electron chi connectivity index (χ2n) is 9.42. The largest absolute Gasteiger partial charge is 0.507 e. The molecule has 1 aliphatic heterocycles. The predicted octanol–water partition coefficient (Wildman–Crippen LogP) is -1.59. The molecule has 0 unspecified atom stereocenters. The van der Waals surface area contributed by atoms with Crippen LogP contribution in [0.1, 0.15) is 35.2 Å². The molecule has 1 aromatic rings. The molecule has 2 fully saturated rings. The van der Waals surface area contributed by atoms with Gasteiger partial charge >= 0.3 is 13.1 Å². The lowest BCUT2D eigenvalue weighted by atomic mass is 9.81. The van der Waals surface area contributed by atoms with Crippen LogP contribution in [0.15, 0.2) is 12.1 Å². The minimum absolute atomic E-state index is 0.00981. The second kappa shape index (κ2) is 9.78. The molecule has 0 spiro atoms. The SMILES string of the molecule is CN(C)C(=O)CNC(=O)[C@](C)(N)CN1CC(Oc2ccc([C@@H]3C[C@@H]3B(O)O)c(O)c2C(=O)O)C1. The first-order valence-electron chi connectivity index (χ1n) is 10.9.